The van der Waals surface area contributed by atoms with Crippen LogP contribution in [0.4, 0.5) is 0 Å². The van der Waals surface area contributed by atoms with Gasteiger partial charge in [0.15, 0.2) is 16.3 Å². The minimum atomic E-state index is -0.801. The predicted octanol–water partition coefficient (Wildman–Crippen LogP) is 5.10. The average molecular weight is 597 g/mol. The van der Waals surface area contributed by atoms with Crippen molar-refractivity contribution < 1.29 is 23.7 Å². The molecule has 0 saturated carbocycles. The molecule has 2 aliphatic rings. The second kappa shape index (κ2) is 11.6. The summed E-state index contributed by atoms with van der Waals surface area (Å²) >= 11 is 1.29. The molecule has 9 heteroatoms. The molecule has 0 bridgehead atoms. The molecule has 0 amide bonds. The van der Waals surface area contributed by atoms with Gasteiger partial charge in [0.1, 0.15) is 5.75 Å². The molecule has 0 N–H and O–H groups in total. The largest absolute Gasteiger partial charge is 0.496 e. The molecule has 2 aliphatic heterocycles. The number of aromatic nitrogens is 1. The van der Waals surface area contributed by atoms with Crippen molar-refractivity contribution in [1.82, 2.24) is 4.57 Å². The maximum absolute atomic E-state index is 14.3. The molecule has 0 aliphatic carbocycles. The zero-order chi connectivity index (χ0) is 30.2. The first-order valence-electron chi connectivity index (χ1n) is 14.2. The standard InChI is InChI=1S/C34H32N2O6S/c1-6-40-33(38)29-30(21-10-8-7-9-11-21)35-34-36(31(29)22-12-13-25-27(16-22)42-18-41-25)32(37)28(43-34)17-23-15-24(19(2)3)26(39-5)14-20(23)4/h7-17,19,31H,6,18H2,1-5H3/b28-17+/t31-/m1/s1. The van der Waals surface area contributed by atoms with E-state index in [2.05, 4.69) is 19.9 Å². The fourth-order valence-electron chi connectivity index (χ4n) is 5.48. The topological polar surface area (TPSA) is 88.4 Å². The Kier molecular flexibility index (Phi) is 7.66. The van der Waals surface area contributed by atoms with Crippen LogP contribution in [-0.2, 0) is 9.53 Å². The lowest BCUT2D eigenvalue weighted by Gasteiger charge is -2.26. The number of rotatable bonds is 7. The van der Waals surface area contributed by atoms with Crippen LogP contribution in [0.1, 0.15) is 60.5 Å². The highest BCUT2D eigenvalue weighted by Crippen LogP contribution is 2.40. The van der Waals surface area contributed by atoms with Gasteiger partial charge in [0.25, 0.3) is 5.56 Å². The van der Waals surface area contributed by atoms with E-state index in [4.69, 9.17) is 23.9 Å². The third-order valence-electron chi connectivity index (χ3n) is 7.61. The van der Waals surface area contributed by atoms with Gasteiger partial charge in [0, 0.05) is 5.56 Å². The van der Waals surface area contributed by atoms with Crippen molar-refractivity contribution in [2.24, 2.45) is 4.99 Å². The Hall–Kier alpha value is -4.63. The molecule has 0 fully saturated rings. The number of methoxy groups -OCH3 is 1. The van der Waals surface area contributed by atoms with Crippen LogP contribution in [0.25, 0.3) is 11.8 Å². The minimum absolute atomic E-state index is 0.108. The number of hydrogen-bond acceptors (Lipinski definition) is 8. The molecule has 1 atom stereocenters. The molecule has 0 saturated heterocycles. The highest BCUT2D eigenvalue weighted by Gasteiger charge is 2.36. The zero-order valence-electron chi connectivity index (χ0n) is 24.7. The number of fused-ring (bicyclic) bond motifs is 2. The van der Waals surface area contributed by atoms with E-state index in [0.29, 0.717) is 32.1 Å². The summed E-state index contributed by atoms with van der Waals surface area (Å²) in [6.07, 6.45) is 1.90. The lowest BCUT2D eigenvalue weighted by atomic mass is 9.93. The number of esters is 1. The van der Waals surface area contributed by atoms with Crippen molar-refractivity contribution in [3.8, 4) is 17.2 Å². The molecular weight excluding hydrogens is 564 g/mol. The molecule has 0 unspecified atom stereocenters. The van der Waals surface area contributed by atoms with E-state index < -0.39 is 12.0 Å². The molecular formula is C34H32N2O6S. The fourth-order valence-corrected chi connectivity index (χ4v) is 6.47. The molecule has 3 aromatic carbocycles. The Morgan fingerprint density at radius 1 is 1.12 bits per heavy atom. The summed E-state index contributed by atoms with van der Waals surface area (Å²) in [6, 6.07) is 18.2. The quantitative estimate of drug-likeness (QED) is 0.276. The third-order valence-corrected chi connectivity index (χ3v) is 8.60. The van der Waals surface area contributed by atoms with Crippen LogP contribution in [0, 0.1) is 6.92 Å². The first-order chi connectivity index (χ1) is 20.8. The summed E-state index contributed by atoms with van der Waals surface area (Å²) in [7, 11) is 1.67. The summed E-state index contributed by atoms with van der Waals surface area (Å²) in [5.74, 6) is 1.68. The van der Waals surface area contributed by atoms with Crippen LogP contribution in [0.15, 0.2) is 76.0 Å². The molecule has 43 heavy (non-hydrogen) atoms. The van der Waals surface area contributed by atoms with E-state index in [1.807, 2.05) is 61.5 Å². The van der Waals surface area contributed by atoms with E-state index in [1.165, 1.54) is 11.3 Å². The molecule has 0 radical (unpaired) electrons. The number of thiazole rings is 1. The normalized spacial score (nSPS) is 15.9. The number of carbonyl (C=O) groups is 1. The Labute approximate surface area is 253 Å². The predicted molar refractivity (Wildman–Crippen MR) is 165 cm³/mol. The maximum atomic E-state index is 14.3. The SMILES string of the molecule is CCOC(=O)C1=C(c2ccccc2)N=c2s/c(=C/c3cc(C(C)C)c(OC)cc3C)c(=O)n2[C@@H]1c1ccc2c(c1)OCO2. The molecule has 8 nitrogen and oxygen atoms in total. The van der Waals surface area contributed by atoms with Crippen LogP contribution in [0.3, 0.4) is 0 Å². The smallest absolute Gasteiger partial charge is 0.338 e. The lowest BCUT2D eigenvalue weighted by molar-refractivity contribution is -0.138. The van der Waals surface area contributed by atoms with Gasteiger partial charge in [-0.1, -0.05) is 61.6 Å². The van der Waals surface area contributed by atoms with Crippen molar-refractivity contribution in [1.29, 1.82) is 0 Å². The summed E-state index contributed by atoms with van der Waals surface area (Å²) in [6.45, 7) is 8.26. The van der Waals surface area contributed by atoms with Crippen LogP contribution in [0.5, 0.6) is 17.2 Å². The van der Waals surface area contributed by atoms with E-state index >= 15 is 0 Å². The zero-order valence-corrected chi connectivity index (χ0v) is 25.5. The molecule has 4 aromatic rings. The van der Waals surface area contributed by atoms with E-state index in [9.17, 15) is 9.59 Å². The molecule has 220 valence electrons. The van der Waals surface area contributed by atoms with Gasteiger partial charge in [-0.15, -0.1) is 0 Å². The second-order valence-corrected chi connectivity index (χ2v) is 11.7. The van der Waals surface area contributed by atoms with Gasteiger partial charge in [-0.3, -0.25) is 9.36 Å². The monoisotopic (exact) mass is 596 g/mol. The second-order valence-electron chi connectivity index (χ2n) is 10.6. The molecule has 6 rings (SSSR count). The van der Waals surface area contributed by atoms with E-state index in [0.717, 1.165) is 28.0 Å². The van der Waals surface area contributed by atoms with Gasteiger partial charge in [0.05, 0.1) is 35.6 Å². The number of aryl methyl sites for hydroxylation is 1. The first-order valence-corrected chi connectivity index (χ1v) is 15.0. The first kappa shape index (κ1) is 28.5. The Balaban J connectivity index is 1.63. The molecule has 0 spiro atoms. The van der Waals surface area contributed by atoms with Gasteiger partial charge in [0.2, 0.25) is 6.79 Å². The van der Waals surface area contributed by atoms with Gasteiger partial charge in [-0.25, -0.2) is 9.79 Å². The van der Waals surface area contributed by atoms with E-state index in [1.54, 1.807) is 24.7 Å². The number of nitrogens with zero attached hydrogens (tertiary/aromatic N) is 2. The Bertz CT molecular complexity index is 1940. The average Bonchev–Trinajstić information content (AvgIpc) is 3.60. The van der Waals surface area contributed by atoms with Crippen LogP contribution >= 0.6 is 11.3 Å². The van der Waals surface area contributed by atoms with E-state index in [-0.39, 0.29) is 30.5 Å². The van der Waals surface area contributed by atoms with Gasteiger partial charge >= 0.3 is 5.97 Å². The Morgan fingerprint density at radius 3 is 2.60 bits per heavy atom. The summed E-state index contributed by atoms with van der Waals surface area (Å²) in [4.78, 5) is 33.4. The van der Waals surface area contributed by atoms with Gasteiger partial charge in [-0.2, -0.15) is 0 Å². The van der Waals surface area contributed by atoms with Crippen molar-refractivity contribution in [2.45, 2.75) is 39.7 Å². The summed E-state index contributed by atoms with van der Waals surface area (Å²) < 4.78 is 24.5. The molecule has 1 aromatic heterocycles. The molecule has 3 heterocycles. The highest BCUT2D eigenvalue weighted by molar-refractivity contribution is 7.07. The van der Waals surface area contributed by atoms with Crippen LogP contribution in [-0.4, -0.2) is 31.0 Å². The van der Waals surface area contributed by atoms with Crippen molar-refractivity contribution >= 4 is 29.1 Å². The lowest BCUT2D eigenvalue weighted by Crippen LogP contribution is -2.40. The number of ether oxygens (including phenoxy) is 4. The minimum Gasteiger partial charge on any atom is -0.496 e. The van der Waals surface area contributed by atoms with Crippen LogP contribution < -0.4 is 29.1 Å². The summed E-state index contributed by atoms with van der Waals surface area (Å²) in [5, 5.41) is 0. The number of hydrogen-bond donors (Lipinski definition) is 0. The highest BCUT2D eigenvalue weighted by atomic mass is 32.1. The van der Waals surface area contributed by atoms with Crippen molar-refractivity contribution in [3.05, 3.63) is 114 Å². The van der Waals surface area contributed by atoms with Gasteiger partial charge in [-0.05, 0) is 72.4 Å². The number of benzene rings is 3. The van der Waals surface area contributed by atoms with Crippen molar-refractivity contribution in [2.75, 3.05) is 20.5 Å². The summed E-state index contributed by atoms with van der Waals surface area (Å²) in [5.41, 5.74) is 4.90. The fraction of sp³-hybridized carbons (Fsp3) is 0.265. The third kappa shape index (κ3) is 5.14. The number of carbonyl (C=O) groups excluding carboxylic acids is 1. The Morgan fingerprint density at radius 2 is 1.88 bits per heavy atom. The maximum Gasteiger partial charge on any atom is 0.338 e. The van der Waals surface area contributed by atoms with Crippen LogP contribution in [0.2, 0.25) is 0 Å². The van der Waals surface area contributed by atoms with Crippen molar-refractivity contribution in [3.63, 3.8) is 0 Å². The van der Waals surface area contributed by atoms with Gasteiger partial charge < -0.3 is 18.9 Å².